The summed E-state index contributed by atoms with van der Waals surface area (Å²) in [6, 6.07) is 21.6. The number of rotatable bonds is 6. The lowest BCUT2D eigenvalue weighted by Crippen LogP contribution is -2.20. The van der Waals surface area contributed by atoms with Gasteiger partial charge in [-0.2, -0.15) is 0 Å². The van der Waals surface area contributed by atoms with E-state index >= 15 is 0 Å². The van der Waals surface area contributed by atoms with Crippen LogP contribution in [0.4, 0.5) is 11.4 Å². The number of hydrogen-bond acceptors (Lipinski definition) is 4. The fourth-order valence-electron chi connectivity index (χ4n) is 3.20. The number of amides is 2. The summed E-state index contributed by atoms with van der Waals surface area (Å²) in [5.41, 5.74) is 3.12. The zero-order chi connectivity index (χ0) is 20.9. The molecule has 0 bridgehead atoms. The summed E-state index contributed by atoms with van der Waals surface area (Å²) in [5.74, 6) is -0.0737. The van der Waals surface area contributed by atoms with E-state index < -0.39 is 0 Å². The van der Waals surface area contributed by atoms with Crippen LogP contribution in [-0.2, 0) is 11.3 Å². The number of hydrogen-bond donors (Lipinski definition) is 2. The fraction of sp³-hybridized carbons (Fsp3) is 0.0870. The van der Waals surface area contributed by atoms with E-state index in [4.69, 9.17) is 4.74 Å². The Kier molecular flexibility index (Phi) is 5.43. The van der Waals surface area contributed by atoms with Gasteiger partial charge in [0.2, 0.25) is 5.91 Å². The molecule has 1 heterocycles. The molecule has 30 heavy (non-hydrogen) atoms. The minimum absolute atomic E-state index is 0.106. The number of fused-ring (bicyclic) bond motifs is 1. The van der Waals surface area contributed by atoms with Gasteiger partial charge in [0.1, 0.15) is 12.3 Å². The van der Waals surface area contributed by atoms with Crippen LogP contribution in [0.5, 0.6) is 5.75 Å². The van der Waals surface area contributed by atoms with Crippen molar-refractivity contribution in [3.05, 3.63) is 84.7 Å². The lowest BCUT2D eigenvalue weighted by molar-refractivity contribution is -0.116. The Morgan fingerprint density at radius 2 is 1.57 bits per heavy atom. The number of carbonyl (C=O) groups excluding carboxylic acids is 2. The summed E-state index contributed by atoms with van der Waals surface area (Å²) in [5, 5.41) is 5.71. The quantitative estimate of drug-likeness (QED) is 0.513. The summed E-state index contributed by atoms with van der Waals surface area (Å²) < 4.78 is 7.03. The van der Waals surface area contributed by atoms with E-state index in [9.17, 15) is 9.59 Å². The molecule has 0 unspecified atom stereocenters. The number of carbonyl (C=O) groups is 2. The van der Waals surface area contributed by atoms with Gasteiger partial charge in [0.05, 0.1) is 41.4 Å². The lowest BCUT2D eigenvalue weighted by Gasteiger charge is -2.14. The standard InChI is InChI=1S/C23H20N4O3/c1-30-21-13-7-2-8-16(21)23(29)26-18-10-4-3-9-17(18)25-22(28)14-27-15-24-19-11-5-6-12-20(19)27/h2-13,15H,14H2,1H3,(H,25,28)(H,26,29). The molecule has 2 N–H and O–H groups in total. The third kappa shape index (κ3) is 4.00. The Bertz CT molecular complexity index is 1220. The van der Waals surface area contributed by atoms with Gasteiger partial charge >= 0.3 is 0 Å². The first kappa shape index (κ1) is 19.2. The molecule has 4 rings (SSSR count). The maximum atomic E-state index is 12.7. The van der Waals surface area contributed by atoms with Crippen LogP contribution < -0.4 is 15.4 Å². The monoisotopic (exact) mass is 400 g/mol. The van der Waals surface area contributed by atoms with Crippen LogP contribution >= 0.6 is 0 Å². The molecule has 0 saturated heterocycles. The Morgan fingerprint density at radius 1 is 0.900 bits per heavy atom. The molecule has 0 spiro atoms. The Balaban J connectivity index is 1.50. The highest BCUT2D eigenvalue weighted by molar-refractivity contribution is 6.08. The first-order valence-electron chi connectivity index (χ1n) is 9.39. The molecule has 0 radical (unpaired) electrons. The van der Waals surface area contributed by atoms with E-state index in [2.05, 4.69) is 15.6 Å². The molecule has 7 heteroatoms. The second-order valence-electron chi connectivity index (χ2n) is 6.61. The third-order valence-electron chi connectivity index (χ3n) is 4.64. The predicted octanol–water partition coefficient (Wildman–Crippen LogP) is 3.94. The number of aromatic nitrogens is 2. The normalized spacial score (nSPS) is 10.6. The Labute approximate surface area is 173 Å². The van der Waals surface area contributed by atoms with E-state index in [0.29, 0.717) is 22.7 Å². The van der Waals surface area contributed by atoms with Gasteiger partial charge in [0.15, 0.2) is 0 Å². The lowest BCUT2D eigenvalue weighted by atomic mass is 10.1. The molecule has 0 aliphatic rings. The number of nitrogens with one attached hydrogen (secondary N) is 2. The van der Waals surface area contributed by atoms with Crippen molar-refractivity contribution in [3.8, 4) is 5.75 Å². The largest absolute Gasteiger partial charge is 0.496 e. The predicted molar refractivity (Wildman–Crippen MR) is 116 cm³/mol. The average Bonchev–Trinajstić information content (AvgIpc) is 3.17. The van der Waals surface area contributed by atoms with Crippen LogP contribution in [0.15, 0.2) is 79.1 Å². The number of benzene rings is 3. The van der Waals surface area contributed by atoms with Crippen LogP contribution in [0.1, 0.15) is 10.4 Å². The van der Waals surface area contributed by atoms with Gasteiger partial charge in [-0.25, -0.2) is 4.98 Å². The number of nitrogens with zero attached hydrogens (tertiary/aromatic N) is 2. The van der Waals surface area contributed by atoms with Crippen molar-refractivity contribution in [3.63, 3.8) is 0 Å². The molecule has 0 fully saturated rings. The van der Waals surface area contributed by atoms with Crippen molar-refractivity contribution in [1.82, 2.24) is 9.55 Å². The zero-order valence-corrected chi connectivity index (χ0v) is 16.3. The smallest absolute Gasteiger partial charge is 0.259 e. The summed E-state index contributed by atoms with van der Waals surface area (Å²) in [6.45, 7) is 0.106. The maximum Gasteiger partial charge on any atom is 0.259 e. The van der Waals surface area contributed by atoms with Crippen molar-refractivity contribution in [2.75, 3.05) is 17.7 Å². The molecule has 0 saturated carbocycles. The summed E-state index contributed by atoms with van der Waals surface area (Å²) in [7, 11) is 1.51. The number of imidazole rings is 1. The van der Waals surface area contributed by atoms with Crippen molar-refractivity contribution >= 4 is 34.2 Å². The SMILES string of the molecule is COc1ccccc1C(=O)Nc1ccccc1NC(=O)Cn1cnc2ccccc21. The zero-order valence-electron chi connectivity index (χ0n) is 16.3. The molecule has 7 nitrogen and oxygen atoms in total. The first-order valence-corrected chi connectivity index (χ1v) is 9.39. The summed E-state index contributed by atoms with van der Waals surface area (Å²) in [6.07, 6.45) is 1.64. The van der Waals surface area contributed by atoms with E-state index in [1.165, 1.54) is 7.11 Å². The van der Waals surface area contributed by atoms with Gasteiger partial charge in [-0.1, -0.05) is 36.4 Å². The minimum Gasteiger partial charge on any atom is -0.496 e. The number of anilines is 2. The molecule has 4 aromatic rings. The summed E-state index contributed by atoms with van der Waals surface area (Å²) >= 11 is 0. The van der Waals surface area contributed by atoms with Crippen LogP contribution in [0.25, 0.3) is 11.0 Å². The Morgan fingerprint density at radius 3 is 2.37 bits per heavy atom. The van der Waals surface area contributed by atoms with Crippen molar-refractivity contribution in [1.29, 1.82) is 0 Å². The summed E-state index contributed by atoms with van der Waals surface area (Å²) in [4.78, 5) is 29.7. The van der Waals surface area contributed by atoms with Gasteiger partial charge in [-0.05, 0) is 36.4 Å². The second kappa shape index (κ2) is 8.48. The molecular formula is C23H20N4O3. The third-order valence-corrected chi connectivity index (χ3v) is 4.64. The van der Waals surface area contributed by atoms with E-state index in [1.807, 2.05) is 24.3 Å². The van der Waals surface area contributed by atoms with Crippen LogP contribution in [0, 0.1) is 0 Å². The Hall–Kier alpha value is -4.13. The molecule has 3 aromatic carbocycles. The number of para-hydroxylation sites is 5. The molecule has 0 aliphatic heterocycles. The van der Waals surface area contributed by atoms with E-state index in [1.54, 1.807) is 59.4 Å². The van der Waals surface area contributed by atoms with Crippen molar-refractivity contribution in [2.24, 2.45) is 0 Å². The van der Waals surface area contributed by atoms with Gasteiger partial charge in [0.25, 0.3) is 5.91 Å². The molecular weight excluding hydrogens is 380 g/mol. The van der Waals surface area contributed by atoms with Gasteiger partial charge in [-0.3, -0.25) is 9.59 Å². The van der Waals surface area contributed by atoms with Crippen LogP contribution in [0.3, 0.4) is 0 Å². The van der Waals surface area contributed by atoms with Crippen molar-refractivity contribution in [2.45, 2.75) is 6.54 Å². The highest BCUT2D eigenvalue weighted by Crippen LogP contribution is 2.24. The molecule has 2 amide bonds. The molecule has 1 aromatic heterocycles. The fourth-order valence-corrected chi connectivity index (χ4v) is 3.20. The molecule has 0 atom stereocenters. The molecule has 0 aliphatic carbocycles. The first-order chi connectivity index (χ1) is 14.7. The van der Waals surface area contributed by atoms with Crippen LogP contribution in [-0.4, -0.2) is 28.5 Å². The molecule has 150 valence electrons. The maximum absolute atomic E-state index is 12.7. The van der Waals surface area contributed by atoms with Gasteiger partial charge < -0.3 is 19.9 Å². The van der Waals surface area contributed by atoms with Crippen molar-refractivity contribution < 1.29 is 14.3 Å². The minimum atomic E-state index is -0.324. The van der Waals surface area contributed by atoms with E-state index in [-0.39, 0.29) is 18.4 Å². The van der Waals surface area contributed by atoms with Gasteiger partial charge in [-0.15, -0.1) is 0 Å². The van der Waals surface area contributed by atoms with Gasteiger partial charge in [0, 0.05) is 0 Å². The number of methoxy groups -OCH3 is 1. The topological polar surface area (TPSA) is 85.3 Å². The highest BCUT2D eigenvalue weighted by Gasteiger charge is 2.15. The average molecular weight is 400 g/mol. The van der Waals surface area contributed by atoms with Crippen LogP contribution in [0.2, 0.25) is 0 Å². The second-order valence-corrected chi connectivity index (χ2v) is 6.61. The van der Waals surface area contributed by atoms with E-state index in [0.717, 1.165) is 11.0 Å². The highest BCUT2D eigenvalue weighted by atomic mass is 16.5. The number of ether oxygens (including phenoxy) is 1.